The van der Waals surface area contributed by atoms with Crippen LogP contribution in [-0.2, 0) is 4.79 Å². The van der Waals surface area contributed by atoms with E-state index in [9.17, 15) is 9.59 Å². The molecular weight excluding hydrogens is 334 g/mol. The summed E-state index contributed by atoms with van der Waals surface area (Å²) in [5, 5.41) is 1.35. The molecule has 1 aliphatic heterocycles. The number of fused-ring (bicyclic) bond motifs is 1. The molecule has 2 aromatic rings. The van der Waals surface area contributed by atoms with Crippen LogP contribution in [0.3, 0.4) is 0 Å². The highest BCUT2D eigenvalue weighted by Crippen LogP contribution is 2.37. The number of nitrogens with zero attached hydrogens (tertiary/aromatic N) is 3. The number of para-hydroxylation sites is 1. The van der Waals surface area contributed by atoms with E-state index < -0.39 is 0 Å². The molecule has 1 amide bonds. The maximum atomic E-state index is 12.8. The minimum Gasteiger partial charge on any atom is -0.339 e. The summed E-state index contributed by atoms with van der Waals surface area (Å²) in [4.78, 5) is 32.1. The van der Waals surface area contributed by atoms with Crippen molar-refractivity contribution in [2.24, 2.45) is 0 Å². The first kappa shape index (κ1) is 16.6. The van der Waals surface area contributed by atoms with Gasteiger partial charge in [0.2, 0.25) is 5.91 Å². The van der Waals surface area contributed by atoms with Gasteiger partial charge in [0.1, 0.15) is 0 Å². The van der Waals surface area contributed by atoms with Crippen LogP contribution in [0.4, 0.5) is 0 Å². The van der Waals surface area contributed by atoms with Gasteiger partial charge in [-0.25, -0.2) is 4.98 Å². The van der Waals surface area contributed by atoms with Gasteiger partial charge in [0.15, 0.2) is 5.16 Å². The van der Waals surface area contributed by atoms with Crippen molar-refractivity contribution in [3.8, 4) is 0 Å². The number of amides is 1. The monoisotopic (exact) mass is 357 g/mol. The Morgan fingerprint density at radius 2 is 2.04 bits per heavy atom. The molecule has 1 aromatic heterocycles. The first-order valence-electron chi connectivity index (χ1n) is 9.08. The number of carbonyl (C=O) groups excluding carboxylic acids is 1. The Bertz CT molecular complexity index is 859. The topological polar surface area (TPSA) is 55.2 Å². The van der Waals surface area contributed by atoms with E-state index in [1.807, 2.05) is 29.2 Å². The SMILES string of the molecule is C[C@H]1CCCCN1C(=O)CSc1nc2ccccc2c(=O)n1C1CC1. The molecule has 25 heavy (non-hydrogen) atoms. The van der Waals surface area contributed by atoms with Gasteiger partial charge in [-0.3, -0.25) is 14.2 Å². The molecule has 2 heterocycles. The standard InChI is InChI=1S/C19H23N3O2S/c1-13-6-4-5-11-21(13)17(23)12-25-19-20-16-8-3-2-7-15(16)18(24)22(19)14-9-10-14/h2-3,7-8,13-14H,4-6,9-12H2,1H3/t13-/m0/s1. The number of piperidine rings is 1. The molecule has 1 saturated carbocycles. The molecule has 2 aliphatic rings. The van der Waals surface area contributed by atoms with E-state index in [1.165, 1.54) is 18.2 Å². The van der Waals surface area contributed by atoms with Gasteiger partial charge in [0, 0.05) is 18.6 Å². The zero-order valence-corrected chi connectivity index (χ0v) is 15.3. The molecule has 1 aromatic carbocycles. The van der Waals surface area contributed by atoms with E-state index >= 15 is 0 Å². The van der Waals surface area contributed by atoms with Crippen molar-refractivity contribution in [2.75, 3.05) is 12.3 Å². The van der Waals surface area contributed by atoms with Crippen molar-refractivity contribution in [1.29, 1.82) is 0 Å². The second-order valence-electron chi connectivity index (χ2n) is 7.04. The number of benzene rings is 1. The summed E-state index contributed by atoms with van der Waals surface area (Å²) in [7, 11) is 0. The van der Waals surface area contributed by atoms with Crippen LogP contribution in [0.2, 0.25) is 0 Å². The van der Waals surface area contributed by atoms with Crippen LogP contribution in [0.1, 0.15) is 45.1 Å². The smallest absolute Gasteiger partial charge is 0.262 e. The van der Waals surface area contributed by atoms with Crippen LogP contribution in [0.5, 0.6) is 0 Å². The lowest BCUT2D eigenvalue weighted by Crippen LogP contribution is -2.43. The van der Waals surface area contributed by atoms with Crippen molar-refractivity contribution >= 4 is 28.6 Å². The predicted octanol–water partition coefficient (Wildman–Crippen LogP) is 3.22. The molecule has 1 atom stereocenters. The number of hydrogen-bond acceptors (Lipinski definition) is 4. The summed E-state index contributed by atoms with van der Waals surface area (Å²) in [6.45, 7) is 2.97. The van der Waals surface area contributed by atoms with Crippen LogP contribution in [0.15, 0.2) is 34.2 Å². The van der Waals surface area contributed by atoms with Crippen molar-refractivity contribution in [2.45, 2.75) is 56.3 Å². The number of likely N-dealkylation sites (tertiary alicyclic amines) is 1. The van der Waals surface area contributed by atoms with Gasteiger partial charge < -0.3 is 4.90 Å². The molecule has 0 radical (unpaired) electrons. The third-order valence-corrected chi connectivity index (χ3v) is 6.07. The largest absolute Gasteiger partial charge is 0.339 e. The Hall–Kier alpha value is -1.82. The Kier molecular flexibility index (Phi) is 4.54. The summed E-state index contributed by atoms with van der Waals surface area (Å²) >= 11 is 1.41. The molecule has 6 heteroatoms. The van der Waals surface area contributed by atoms with Crippen LogP contribution in [-0.4, -0.2) is 38.7 Å². The van der Waals surface area contributed by atoms with Gasteiger partial charge >= 0.3 is 0 Å². The first-order chi connectivity index (χ1) is 12.1. The van der Waals surface area contributed by atoms with Gasteiger partial charge in [-0.1, -0.05) is 23.9 Å². The second-order valence-corrected chi connectivity index (χ2v) is 7.98. The number of rotatable bonds is 4. The second kappa shape index (κ2) is 6.83. The summed E-state index contributed by atoms with van der Waals surface area (Å²) in [6.07, 6.45) is 5.40. The Balaban J connectivity index is 1.59. The normalized spacial score (nSPS) is 20.8. The molecule has 0 N–H and O–H groups in total. The third-order valence-electron chi connectivity index (χ3n) is 5.14. The molecule has 5 nitrogen and oxygen atoms in total. The lowest BCUT2D eigenvalue weighted by atomic mass is 10.0. The Labute approximate surface area is 151 Å². The van der Waals surface area contributed by atoms with Gasteiger partial charge in [0.25, 0.3) is 5.56 Å². The van der Waals surface area contributed by atoms with Crippen LogP contribution in [0.25, 0.3) is 10.9 Å². The summed E-state index contributed by atoms with van der Waals surface area (Å²) < 4.78 is 1.81. The Morgan fingerprint density at radius 1 is 1.24 bits per heavy atom. The fourth-order valence-electron chi connectivity index (χ4n) is 3.56. The van der Waals surface area contributed by atoms with Crippen LogP contribution < -0.4 is 5.56 Å². The van der Waals surface area contributed by atoms with Crippen molar-refractivity contribution < 1.29 is 4.79 Å². The van der Waals surface area contributed by atoms with Gasteiger partial charge in [-0.15, -0.1) is 0 Å². The van der Waals surface area contributed by atoms with Crippen LogP contribution in [0, 0.1) is 0 Å². The zero-order chi connectivity index (χ0) is 17.4. The lowest BCUT2D eigenvalue weighted by molar-refractivity contribution is -0.131. The van der Waals surface area contributed by atoms with E-state index in [0.29, 0.717) is 27.9 Å². The fourth-order valence-corrected chi connectivity index (χ4v) is 4.51. The quantitative estimate of drug-likeness (QED) is 0.623. The average Bonchev–Trinajstić information content (AvgIpc) is 3.45. The molecule has 1 saturated heterocycles. The highest BCUT2D eigenvalue weighted by atomic mass is 32.2. The molecule has 132 valence electrons. The minimum atomic E-state index is 0.0226. The van der Waals surface area contributed by atoms with E-state index in [2.05, 4.69) is 11.9 Å². The number of carbonyl (C=O) groups is 1. The highest BCUT2D eigenvalue weighted by Gasteiger charge is 2.29. The molecule has 4 rings (SSSR count). The molecule has 2 fully saturated rings. The predicted molar refractivity (Wildman–Crippen MR) is 100 cm³/mol. The first-order valence-corrected chi connectivity index (χ1v) is 10.1. The average molecular weight is 357 g/mol. The van der Waals surface area contributed by atoms with E-state index in [0.717, 1.165) is 32.2 Å². The molecular formula is C19H23N3O2S. The zero-order valence-electron chi connectivity index (χ0n) is 14.5. The molecule has 0 bridgehead atoms. The van der Waals surface area contributed by atoms with Crippen molar-refractivity contribution in [3.63, 3.8) is 0 Å². The highest BCUT2D eigenvalue weighted by molar-refractivity contribution is 7.99. The molecule has 1 aliphatic carbocycles. The number of hydrogen-bond donors (Lipinski definition) is 0. The third kappa shape index (κ3) is 3.32. The van der Waals surface area contributed by atoms with Gasteiger partial charge in [0.05, 0.1) is 16.7 Å². The Morgan fingerprint density at radius 3 is 2.80 bits per heavy atom. The number of aromatic nitrogens is 2. The van der Waals surface area contributed by atoms with Gasteiger partial charge in [-0.2, -0.15) is 0 Å². The summed E-state index contributed by atoms with van der Waals surface area (Å²) in [5.41, 5.74) is 0.736. The summed E-state index contributed by atoms with van der Waals surface area (Å²) in [6, 6.07) is 8.03. The number of thioether (sulfide) groups is 1. The van der Waals surface area contributed by atoms with Gasteiger partial charge in [-0.05, 0) is 51.2 Å². The van der Waals surface area contributed by atoms with Crippen molar-refractivity contribution in [3.05, 3.63) is 34.6 Å². The molecule has 0 spiro atoms. The van der Waals surface area contributed by atoms with E-state index in [4.69, 9.17) is 0 Å². The maximum Gasteiger partial charge on any atom is 0.262 e. The lowest BCUT2D eigenvalue weighted by Gasteiger charge is -2.33. The maximum absolute atomic E-state index is 12.8. The van der Waals surface area contributed by atoms with E-state index in [1.54, 1.807) is 4.57 Å². The summed E-state index contributed by atoms with van der Waals surface area (Å²) in [5.74, 6) is 0.504. The van der Waals surface area contributed by atoms with Crippen LogP contribution >= 0.6 is 11.8 Å². The van der Waals surface area contributed by atoms with Crippen molar-refractivity contribution in [1.82, 2.24) is 14.5 Å². The fraction of sp³-hybridized carbons (Fsp3) is 0.526. The van der Waals surface area contributed by atoms with E-state index in [-0.39, 0.29) is 17.5 Å². The minimum absolute atomic E-state index is 0.0226. The molecule has 0 unspecified atom stereocenters.